The van der Waals surface area contributed by atoms with Gasteiger partial charge in [0.15, 0.2) is 0 Å². The maximum Gasteiger partial charge on any atom is 0.132 e. The van der Waals surface area contributed by atoms with Crippen LogP contribution in [0, 0.1) is 12.7 Å². The molecule has 0 nitrogen and oxygen atoms in total. The number of hydrogen-bond donors (Lipinski definition) is 0. The van der Waals surface area contributed by atoms with Crippen molar-refractivity contribution in [3.05, 3.63) is 34.5 Å². The molecule has 0 N–H and O–H groups in total. The van der Waals surface area contributed by atoms with Gasteiger partial charge in [-0.05, 0) is 42.0 Å². The molecular weight excluding hydrogens is 183 g/mol. The topological polar surface area (TPSA) is 0 Å². The molecule has 0 aliphatic rings. The van der Waals surface area contributed by atoms with E-state index in [1.54, 1.807) is 17.4 Å². The van der Waals surface area contributed by atoms with E-state index in [4.69, 9.17) is 0 Å². The van der Waals surface area contributed by atoms with E-state index in [9.17, 15) is 4.39 Å². The summed E-state index contributed by atoms with van der Waals surface area (Å²) in [7, 11) is 0. The monoisotopic (exact) mass is 194 g/mol. The summed E-state index contributed by atoms with van der Waals surface area (Å²) in [5.74, 6) is -0.0917. The largest absolute Gasteiger partial charge is 0.206 e. The van der Waals surface area contributed by atoms with E-state index in [2.05, 4.69) is 6.92 Å². The standard InChI is InChI=1S/C11H11FS/c1-3-8-7(2)6-10(12)9-4-5-13-11(8)9/h4-6H,3H2,1-2H3. The summed E-state index contributed by atoms with van der Waals surface area (Å²) in [5, 5.41) is 2.72. The number of fused-ring (bicyclic) bond motifs is 1. The van der Waals surface area contributed by atoms with Crippen molar-refractivity contribution >= 4 is 21.4 Å². The van der Waals surface area contributed by atoms with Crippen LogP contribution in [0.1, 0.15) is 18.1 Å². The highest BCUT2D eigenvalue weighted by Crippen LogP contribution is 2.29. The third-order valence-electron chi connectivity index (χ3n) is 2.37. The quantitative estimate of drug-likeness (QED) is 0.645. The van der Waals surface area contributed by atoms with Crippen LogP contribution in [0.4, 0.5) is 4.39 Å². The van der Waals surface area contributed by atoms with Crippen molar-refractivity contribution in [2.24, 2.45) is 0 Å². The highest BCUT2D eigenvalue weighted by atomic mass is 32.1. The van der Waals surface area contributed by atoms with Crippen molar-refractivity contribution in [3.63, 3.8) is 0 Å². The Labute approximate surface area is 81.0 Å². The number of benzene rings is 1. The molecule has 0 radical (unpaired) electrons. The molecule has 0 aliphatic carbocycles. The summed E-state index contributed by atoms with van der Waals surface area (Å²) >= 11 is 1.63. The van der Waals surface area contributed by atoms with E-state index < -0.39 is 0 Å². The van der Waals surface area contributed by atoms with Gasteiger partial charge in [0.2, 0.25) is 0 Å². The summed E-state index contributed by atoms with van der Waals surface area (Å²) in [6.45, 7) is 4.08. The van der Waals surface area contributed by atoms with Gasteiger partial charge >= 0.3 is 0 Å². The number of rotatable bonds is 1. The second kappa shape index (κ2) is 3.11. The van der Waals surface area contributed by atoms with E-state index in [0.717, 1.165) is 22.1 Å². The molecule has 1 aromatic heterocycles. The first-order valence-corrected chi connectivity index (χ1v) is 5.27. The fourth-order valence-corrected chi connectivity index (χ4v) is 2.78. The van der Waals surface area contributed by atoms with Crippen molar-refractivity contribution in [2.45, 2.75) is 20.3 Å². The molecule has 2 heteroatoms. The SMILES string of the molecule is CCc1c(C)cc(F)c2ccsc12. The van der Waals surface area contributed by atoms with Crippen LogP contribution >= 0.6 is 11.3 Å². The van der Waals surface area contributed by atoms with Crippen LogP contribution in [-0.4, -0.2) is 0 Å². The number of halogens is 1. The Morgan fingerprint density at radius 1 is 1.46 bits per heavy atom. The molecule has 0 unspecified atom stereocenters. The molecule has 0 fully saturated rings. The zero-order valence-corrected chi connectivity index (χ0v) is 8.54. The molecule has 1 heterocycles. The summed E-state index contributed by atoms with van der Waals surface area (Å²) in [6.07, 6.45) is 0.975. The third kappa shape index (κ3) is 1.25. The molecule has 0 saturated carbocycles. The Balaban J connectivity index is 2.88. The molecular formula is C11H11FS. The summed E-state index contributed by atoms with van der Waals surface area (Å²) in [4.78, 5) is 0. The summed E-state index contributed by atoms with van der Waals surface area (Å²) in [5.41, 5.74) is 2.35. The van der Waals surface area contributed by atoms with Gasteiger partial charge in [-0.1, -0.05) is 6.92 Å². The van der Waals surface area contributed by atoms with Crippen molar-refractivity contribution in [1.29, 1.82) is 0 Å². The summed E-state index contributed by atoms with van der Waals surface area (Å²) < 4.78 is 14.5. The fourth-order valence-electron chi connectivity index (χ4n) is 1.70. The smallest absolute Gasteiger partial charge is 0.132 e. The van der Waals surface area contributed by atoms with Crippen molar-refractivity contribution in [2.75, 3.05) is 0 Å². The van der Waals surface area contributed by atoms with E-state index in [-0.39, 0.29) is 5.82 Å². The van der Waals surface area contributed by atoms with Gasteiger partial charge in [0.25, 0.3) is 0 Å². The number of thiophene rings is 1. The molecule has 0 saturated heterocycles. The first-order chi connectivity index (χ1) is 6.24. The Kier molecular flexibility index (Phi) is 2.08. The van der Waals surface area contributed by atoms with E-state index in [1.165, 1.54) is 5.56 Å². The van der Waals surface area contributed by atoms with Gasteiger partial charge in [-0.25, -0.2) is 4.39 Å². The van der Waals surface area contributed by atoms with Gasteiger partial charge in [0.1, 0.15) is 5.82 Å². The number of aryl methyl sites for hydroxylation is 2. The third-order valence-corrected chi connectivity index (χ3v) is 3.34. The Bertz CT molecular complexity index is 443. The lowest BCUT2D eigenvalue weighted by molar-refractivity contribution is 0.638. The van der Waals surface area contributed by atoms with E-state index >= 15 is 0 Å². The molecule has 13 heavy (non-hydrogen) atoms. The first-order valence-electron chi connectivity index (χ1n) is 4.39. The van der Waals surface area contributed by atoms with Gasteiger partial charge < -0.3 is 0 Å². The van der Waals surface area contributed by atoms with Crippen molar-refractivity contribution in [1.82, 2.24) is 0 Å². The molecule has 0 atom stereocenters. The lowest BCUT2D eigenvalue weighted by atomic mass is 10.0. The summed E-state index contributed by atoms with van der Waals surface area (Å²) in [6, 6.07) is 3.49. The van der Waals surface area contributed by atoms with Crippen LogP contribution in [0.15, 0.2) is 17.5 Å². The lowest BCUT2D eigenvalue weighted by Gasteiger charge is -2.04. The van der Waals surface area contributed by atoms with E-state index in [1.807, 2.05) is 18.4 Å². The Morgan fingerprint density at radius 3 is 2.92 bits per heavy atom. The maximum atomic E-state index is 13.4. The van der Waals surface area contributed by atoms with Gasteiger partial charge in [-0.15, -0.1) is 11.3 Å². The predicted octanol–water partition coefficient (Wildman–Crippen LogP) is 3.91. The van der Waals surface area contributed by atoms with Gasteiger partial charge in [-0.2, -0.15) is 0 Å². The first kappa shape index (κ1) is 8.70. The molecule has 0 aliphatic heterocycles. The second-order valence-electron chi connectivity index (χ2n) is 3.17. The highest BCUT2D eigenvalue weighted by molar-refractivity contribution is 7.17. The molecule has 0 bridgehead atoms. The minimum atomic E-state index is -0.0917. The second-order valence-corrected chi connectivity index (χ2v) is 4.09. The van der Waals surface area contributed by atoms with Crippen LogP contribution in [0.2, 0.25) is 0 Å². The molecule has 0 spiro atoms. The normalized spacial score (nSPS) is 11.0. The molecule has 68 valence electrons. The average Bonchev–Trinajstić information content (AvgIpc) is 2.53. The van der Waals surface area contributed by atoms with Gasteiger partial charge in [0, 0.05) is 10.1 Å². The molecule has 2 rings (SSSR count). The minimum absolute atomic E-state index is 0.0917. The zero-order chi connectivity index (χ0) is 9.42. The average molecular weight is 194 g/mol. The molecule has 0 amide bonds. The van der Waals surface area contributed by atoms with Crippen LogP contribution in [0.5, 0.6) is 0 Å². The van der Waals surface area contributed by atoms with Crippen LogP contribution in [0.25, 0.3) is 10.1 Å². The zero-order valence-electron chi connectivity index (χ0n) is 7.73. The Hall–Kier alpha value is -0.890. The lowest BCUT2D eigenvalue weighted by Crippen LogP contribution is -1.88. The Morgan fingerprint density at radius 2 is 2.23 bits per heavy atom. The highest BCUT2D eigenvalue weighted by Gasteiger charge is 2.08. The fraction of sp³-hybridized carbons (Fsp3) is 0.273. The van der Waals surface area contributed by atoms with Crippen LogP contribution < -0.4 is 0 Å². The maximum absolute atomic E-state index is 13.4. The van der Waals surface area contributed by atoms with Crippen LogP contribution in [0.3, 0.4) is 0 Å². The molecule has 2 aromatic rings. The molecule has 1 aromatic carbocycles. The number of hydrogen-bond acceptors (Lipinski definition) is 1. The van der Waals surface area contributed by atoms with Crippen molar-refractivity contribution < 1.29 is 4.39 Å². The van der Waals surface area contributed by atoms with Crippen LogP contribution in [-0.2, 0) is 6.42 Å². The van der Waals surface area contributed by atoms with Gasteiger partial charge in [0.05, 0.1) is 0 Å². The van der Waals surface area contributed by atoms with Gasteiger partial charge in [-0.3, -0.25) is 0 Å². The van der Waals surface area contributed by atoms with Crippen molar-refractivity contribution in [3.8, 4) is 0 Å². The van der Waals surface area contributed by atoms with E-state index in [0.29, 0.717) is 0 Å². The minimum Gasteiger partial charge on any atom is -0.206 e. The predicted molar refractivity (Wildman–Crippen MR) is 55.9 cm³/mol.